The SMILES string of the molecule is C=C(NC(=O)C(C(N)=N[C@@H]1CCCNC1)=C1Nc2ccccc2S1)C1CCN(c2ccccn2)CC1. The number of amides is 1. The molecule has 0 bridgehead atoms. The minimum Gasteiger partial charge on any atom is -0.383 e. The third-order valence-corrected chi connectivity index (χ3v) is 7.97. The molecule has 4 heterocycles. The standard InChI is InChI=1S/C27H33N7OS/c1-18(19-11-15-34(16-12-19)23-10-4-5-14-30-23)31-26(35)24(25(28)32-20-7-6-13-29-17-20)27-33-21-8-2-3-9-22(21)36-27/h2-5,8-10,14,19-20,29,33H,1,6-7,11-13,15-17H2,(H2,28,32)(H,31,35)/t20-/m1/s1. The highest BCUT2D eigenvalue weighted by atomic mass is 32.2. The van der Waals surface area contributed by atoms with E-state index in [1.165, 1.54) is 11.8 Å². The minimum absolute atomic E-state index is 0.0649. The van der Waals surface area contributed by atoms with Crippen LogP contribution in [0.5, 0.6) is 0 Å². The molecule has 1 amide bonds. The fraction of sp³-hybridized carbons (Fsp3) is 0.370. The van der Waals surface area contributed by atoms with Crippen LogP contribution in [0.25, 0.3) is 0 Å². The summed E-state index contributed by atoms with van der Waals surface area (Å²) in [7, 11) is 0. The molecule has 3 aliphatic heterocycles. The van der Waals surface area contributed by atoms with Gasteiger partial charge >= 0.3 is 0 Å². The second-order valence-electron chi connectivity index (χ2n) is 9.37. The number of anilines is 2. The highest BCUT2D eigenvalue weighted by Gasteiger charge is 2.29. The lowest BCUT2D eigenvalue weighted by molar-refractivity contribution is -0.116. The number of aliphatic imine (C=N–C) groups is 1. The summed E-state index contributed by atoms with van der Waals surface area (Å²) in [6.45, 7) is 7.74. The Morgan fingerprint density at radius 2 is 1.97 bits per heavy atom. The number of para-hydroxylation sites is 1. The van der Waals surface area contributed by atoms with Crippen molar-refractivity contribution in [3.05, 3.63) is 71.5 Å². The van der Waals surface area contributed by atoms with Gasteiger partial charge in [0.1, 0.15) is 17.2 Å². The van der Waals surface area contributed by atoms with Crippen LogP contribution >= 0.6 is 11.8 Å². The first-order valence-electron chi connectivity index (χ1n) is 12.6. The first kappa shape index (κ1) is 24.4. The summed E-state index contributed by atoms with van der Waals surface area (Å²) in [4.78, 5) is 26.2. The lowest BCUT2D eigenvalue weighted by Crippen LogP contribution is -2.40. The zero-order chi connectivity index (χ0) is 24.9. The molecule has 2 aromatic rings. The summed E-state index contributed by atoms with van der Waals surface area (Å²) in [6.07, 6.45) is 5.62. The third kappa shape index (κ3) is 5.57. The Morgan fingerprint density at radius 1 is 1.17 bits per heavy atom. The van der Waals surface area contributed by atoms with Gasteiger partial charge in [0.05, 0.1) is 16.8 Å². The fourth-order valence-corrected chi connectivity index (χ4v) is 5.93. The Bertz CT molecular complexity index is 1140. The number of fused-ring (bicyclic) bond motifs is 1. The lowest BCUT2D eigenvalue weighted by Gasteiger charge is -2.33. The van der Waals surface area contributed by atoms with E-state index in [1.807, 2.05) is 48.7 Å². The minimum atomic E-state index is -0.264. The van der Waals surface area contributed by atoms with Crippen LogP contribution in [0.2, 0.25) is 0 Å². The molecule has 5 rings (SSSR count). The first-order chi connectivity index (χ1) is 17.6. The van der Waals surface area contributed by atoms with Gasteiger partial charge in [-0.25, -0.2) is 4.98 Å². The van der Waals surface area contributed by atoms with Crippen molar-refractivity contribution in [2.75, 3.05) is 36.4 Å². The number of piperidine rings is 2. The molecule has 0 aliphatic carbocycles. The van der Waals surface area contributed by atoms with E-state index in [-0.39, 0.29) is 23.7 Å². The second kappa shape index (κ2) is 11.2. The van der Waals surface area contributed by atoms with Crippen molar-refractivity contribution in [3.8, 4) is 0 Å². The van der Waals surface area contributed by atoms with E-state index in [9.17, 15) is 4.79 Å². The lowest BCUT2D eigenvalue weighted by atomic mass is 9.93. The number of thioether (sulfide) groups is 1. The van der Waals surface area contributed by atoms with Gasteiger partial charge in [0.15, 0.2) is 0 Å². The van der Waals surface area contributed by atoms with Gasteiger partial charge in [0, 0.05) is 42.3 Å². The van der Waals surface area contributed by atoms with Gasteiger partial charge in [-0.1, -0.05) is 36.5 Å². The third-order valence-electron chi connectivity index (χ3n) is 6.89. The van der Waals surface area contributed by atoms with Crippen molar-refractivity contribution < 1.29 is 4.79 Å². The van der Waals surface area contributed by atoms with Crippen LogP contribution in [0.1, 0.15) is 25.7 Å². The number of allylic oxidation sites excluding steroid dienone is 1. The van der Waals surface area contributed by atoms with Crippen molar-refractivity contribution in [2.24, 2.45) is 16.6 Å². The van der Waals surface area contributed by atoms with Crippen molar-refractivity contribution in [1.29, 1.82) is 0 Å². The van der Waals surface area contributed by atoms with E-state index in [1.54, 1.807) is 0 Å². The van der Waals surface area contributed by atoms with Crippen LogP contribution in [0.3, 0.4) is 0 Å². The summed E-state index contributed by atoms with van der Waals surface area (Å²) in [6, 6.07) is 14.0. The van der Waals surface area contributed by atoms with Gasteiger partial charge in [-0.3, -0.25) is 9.79 Å². The van der Waals surface area contributed by atoms with E-state index in [0.29, 0.717) is 10.6 Å². The molecule has 9 heteroatoms. The Kier molecular flexibility index (Phi) is 7.58. The van der Waals surface area contributed by atoms with E-state index < -0.39 is 0 Å². The van der Waals surface area contributed by atoms with Crippen molar-refractivity contribution in [3.63, 3.8) is 0 Å². The molecule has 2 fully saturated rings. The van der Waals surface area contributed by atoms with E-state index in [0.717, 1.165) is 74.0 Å². The number of hydrogen-bond donors (Lipinski definition) is 4. The Hall–Kier alpha value is -3.30. The van der Waals surface area contributed by atoms with E-state index in [4.69, 9.17) is 10.7 Å². The fourth-order valence-electron chi connectivity index (χ4n) is 4.88. The van der Waals surface area contributed by atoms with Gasteiger partial charge in [-0.05, 0) is 56.5 Å². The van der Waals surface area contributed by atoms with Crippen LogP contribution in [-0.4, -0.2) is 48.9 Å². The molecule has 2 saturated heterocycles. The molecule has 0 spiro atoms. The maximum atomic E-state index is 13.6. The second-order valence-corrected chi connectivity index (χ2v) is 10.4. The molecule has 1 atom stereocenters. The number of carbonyl (C=O) groups excluding carboxylic acids is 1. The number of aromatic nitrogens is 1. The molecular weight excluding hydrogens is 470 g/mol. The molecule has 188 valence electrons. The number of hydrogen-bond acceptors (Lipinski definition) is 7. The Labute approximate surface area is 216 Å². The molecule has 1 aromatic carbocycles. The maximum absolute atomic E-state index is 13.6. The molecule has 8 nitrogen and oxygen atoms in total. The van der Waals surface area contributed by atoms with Crippen LogP contribution < -0.4 is 26.6 Å². The number of nitrogens with zero attached hydrogens (tertiary/aromatic N) is 3. The molecule has 0 saturated carbocycles. The number of nitrogens with two attached hydrogens (primary N) is 1. The van der Waals surface area contributed by atoms with Gasteiger partial charge in [-0.2, -0.15) is 0 Å². The monoisotopic (exact) mass is 503 g/mol. The molecule has 5 N–H and O–H groups in total. The topological polar surface area (TPSA) is 108 Å². The summed E-state index contributed by atoms with van der Waals surface area (Å²) in [5.41, 5.74) is 8.59. The van der Waals surface area contributed by atoms with Crippen LogP contribution in [0, 0.1) is 5.92 Å². The normalized spacial score (nSPS) is 21.9. The van der Waals surface area contributed by atoms with E-state index >= 15 is 0 Å². The zero-order valence-corrected chi connectivity index (χ0v) is 21.2. The van der Waals surface area contributed by atoms with Crippen LogP contribution in [0.4, 0.5) is 11.5 Å². The average Bonchev–Trinajstić information content (AvgIpc) is 3.33. The highest BCUT2D eigenvalue weighted by Crippen LogP contribution is 2.42. The zero-order valence-electron chi connectivity index (χ0n) is 20.4. The predicted molar refractivity (Wildman–Crippen MR) is 147 cm³/mol. The Morgan fingerprint density at radius 3 is 2.69 bits per heavy atom. The van der Waals surface area contributed by atoms with Crippen molar-refractivity contribution in [2.45, 2.75) is 36.6 Å². The molecule has 0 unspecified atom stereocenters. The van der Waals surface area contributed by atoms with Gasteiger partial charge in [-0.15, -0.1) is 0 Å². The molecule has 36 heavy (non-hydrogen) atoms. The number of carbonyl (C=O) groups is 1. The Balaban J connectivity index is 1.30. The summed E-state index contributed by atoms with van der Waals surface area (Å²) in [5.74, 6) is 1.19. The maximum Gasteiger partial charge on any atom is 0.261 e. The number of rotatable bonds is 6. The van der Waals surface area contributed by atoms with Crippen molar-refractivity contribution in [1.82, 2.24) is 15.6 Å². The van der Waals surface area contributed by atoms with Crippen molar-refractivity contribution >= 4 is 35.0 Å². The van der Waals surface area contributed by atoms with Crippen LogP contribution in [-0.2, 0) is 4.79 Å². The smallest absolute Gasteiger partial charge is 0.261 e. The van der Waals surface area contributed by atoms with Gasteiger partial charge in [0.2, 0.25) is 0 Å². The average molecular weight is 504 g/mol. The number of pyridine rings is 1. The predicted octanol–water partition coefficient (Wildman–Crippen LogP) is 3.47. The first-order valence-corrected chi connectivity index (χ1v) is 13.4. The molecule has 1 aromatic heterocycles. The number of nitrogens with one attached hydrogen (secondary N) is 3. The summed E-state index contributed by atoms with van der Waals surface area (Å²) < 4.78 is 0. The summed E-state index contributed by atoms with van der Waals surface area (Å²) in [5, 5.41) is 10.5. The number of amidine groups is 1. The van der Waals surface area contributed by atoms with Gasteiger partial charge in [0.25, 0.3) is 5.91 Å². The van der Waals surface area contributed by atoms with E-state index in [2.05, 4.69) is 32.4 Å². The summed E-state index contributed by atoms with van der Waals surface area (Å²) >= 11 is 1.51. The largest absolute Gasteiger partial charge is 0.383 e. The number of benzene rings is 1. The highest BCUT2D eigenvalue weighted by molar-refractivity contribution is 8.03. The molecular formula is C27H33N7OS. The quantitative estimate of drug-likeness (QED) is 0.272. The molecule has 0 radical (unpaired) electrons. The van der Waals surface area contributed by atoms with Gasteiger partial charge < -0.3 is 26.6 Å². The van der Waals surface area contributed by atoms with Crippen LogP contribution in [0.15, 0.2) is 81.4 Å². The molecule has 3 aliphatic rings.